The van der Waals surface area contributed by atoms with Crippen molar-refractivity contribution in [2.75, 3.05) is 5.32 Å². The molecule has 0 atom stereocenters. The number of benzene rings is 3. The van der Waals surface area contributed by atoms with Crippen LogP contribution in [0.5, 0.6) is 5.75 Å². The summed E-state index contributed by atoms with van der Waals surface area (Å²) in [6, 6.07) is 23.1. The van der Waals surface area contributed by atoms with Crippen molar-refractivity contribution in [1.82, 2.24) is 9.38 Å². The van der Waals surface area contributed by atoms with Gasteiger partial charge in [0.2, 0.25) is 0 Å². The van der Waals surface area contributed by atoms with Gasteiger partial charge in [0, 0.05) is 30.4 Å². The molecule has 2 heterocycles. The van der Waals surface area contributed by atoms with E-state index >= 15 is 0 Å². The summed E-state index contributed by atoms with van der Waals surface area (Å²) in [5.74, 6) is -0.171. The molecule has 11 heteroatoms. The fraction of sp³-hybridized carbons (Fsp3) is 0.0714. The average molecular weight is 524 g/mol. The number of rotatable bonds is 8. The van der Waals surface area contributed by atoms with E-state index in [1.807, 2.05) is 60.0 Å². The monoisotopic (exact) mass is 523 g/mol. The molecule has 0 saturated heterocycles. The maximum atomic E-state index is 13.1. The number of nitrogens with one attached hydrogen (secondary N) is 1. The third-order valence-electron chi connectivity index (χ3n) is 5.99. The number of nitro benzene ring substituents is 2. The number of aryl methyl sites for hydroxylation is 1. The lowest BCUT2D eigenvalue weighted by atomic mass is 10.1. The highest BCUT2D eigenvalue weighted by Gasteiger charge is 2.23. The molecule has 3 aromatic carbocycles. The number of ether oxygens (including phenoxy) is 1. The molecule has 39 heavy (non-hydrogen) atoms. The van der Waals surface area contributed by atoms with Crippen molar-refractivity contribution >= 4 is 28.8 Å². The van der Waals surface area contributed by atoms with E-state index in [-0.39, 0.29) is 11.3 Å². The Morgan fingerprint density at radius 3 is 2.28 bits per heavy atom. The number of non-ortho nitro benzene ring substituents is 2. The van der Waals surface area contributed by atoms with Gasteiger partial charge in [0.1, 0.15) is 22.9 Å². The van der Waals surface area contributed by atoms with E-state index in [1.165, 1.54) is 0 Å². The minimum Gasteiger partial charge on any atom is -0.422 e. The normalized spacial score (nSPS) is 10.8. The number of hydrogen-bond acceptors (Lipinski definition) is 8. The minimum absolute atomic E-state index is 0.138. The van der Waals surface area contributed by atoms with Crippen LogP contribution in [0.2, 0.25) is 0 Å². The third kappa shape index (κ3) is 5.27. The van der Waals surface area contributed by atoms with Gasteiger partial charge in [-0.1, -0.05) is 42.5 Å². The van der Waals surface area contributed by atoms with E-state index < -0.39 is 27.2 Å². The van der Waals surface area contributed by atoms with E-state index in [9.17, 15) is 25.0 Å². The number of pyridine rings is 1. The lowest BCUT2D eigenvalue weighted by molar-refractivity contribution is -0.394. The van der Waals surface area contributed by atoms with Crippen molar-refractivity contribution in [2.24, 2.45) is 0 Å². The first-order valence-corrected chi connectivity index (χ1v) is 11.8. The van der Waals surface area contributed by atoms with Crippen LogP contribution >= 0.6 is 0 Å². The zero-order valence-electron chi connectivity index (χ0n) is 20.6. The quantitative estimate of drug-likeness (QED) is 0.114. The number of para-hydroxylation sites is 1. The molecule has 0 radical (unpaired) electrons. The van der Waals surface area contributed by atoms with Gasteiger partial charge in [-0.2, -0.15) is 0 Å². The molecule has 0 fully saturated rings. The maximum Gasteiger partial charge on any atom is 0.344 e. The number of carbonyl (C=O) groups excluding carboxylic acids is 1. The summed E-state index contributed by atoms with van der Waals surface area (Å²) in [4.78, 5) is 38.8. The number of hydrogen-bond donors (Lipinski definition) is 1. The fourth-order valence-corrected chi connectivity index (χ4v) is 4.12. The van der Waals surface area contributed by atoms with Crippen molar-refractivity contribution in [2.45, 2.75) is 13.5 Å². The Hall–Kier alpha value is -5.58. The molecule has 194 valence electrons. The van der Waals surface area contributed by atoms with Gasteiger partial charge in [-0.25, -0.2) is 9.78 Å². The van der Waals surface area contributed by atoms with Gasteiger partial charge >= 0.3 is 5.97 Å². The van der Waals surface area contributed by atoms with Crippen LogP contribution in [0.3, 0.4) is 0 Å². The molecule has 0 aliphatic rings. The smallest absolute Gasteiger partial charge is 0.344 e. The molecule has 2 aromatic heterocycles. The number of carbonyl (C=O) groups is 1. The Bertz CT molecular complexity index is 1700. The number of nitrogens with zero attached hydrogens (tertiary/aromatic N) is 4. The predicted octanol–water partition coefficient (Wildman–Crippen LogP) is 5.96. The molecule has 0 saturated carbocycles. The van der Waals surface area contributed by atoms with E-state index in [2.05, 4.69) is 5.32 Å². The second-order valence-electron chi connectivity index (χ2n) is 8.72. The van der Waals surface area contributed by atoms with Crippen LogP contribution < -0.4 is 10.1 Å². The van der Waals surface area contributed by atoms with Crippen LogP contribution in [0, 0.1) is 27.2 Å². The first-order chi connectivity index (χ1) is 18.8. The standard InChI is InChI=1S/C28H21N5O6/c1-18-11-12-31-25(13-18)30-26(27(31)29-17-19-7-3-2-4-8-19)23-9-5-6-10-24(23)39-28(34)20-14-21(32(35)36)16-22(15-20)33(37)38/h2-16,29H,17H2,1H3. The zero-order chi connectivity index (χ0) is 27.5. The second-order valence-corrected chi connectivity index (χ2v) is 8.72. The lowest BCUT2D eigenvalue weighted by Gasteiger charge is -2.12. The van der Waals surface area contributed by atoms with Gasteiger partial charge in [-0.05, 0) is 42.3 Å². The van der Waals surface area contributed by atoms with Crippen LogP contribution in [-0.4, -0.2) is 25.2 Å². The van der Waals surface area contributed by atoms with Gasteiger partial charge in [0.05, 0.1) is 21.5 Å². The SMILES string of the molecule is Cc1ccn2c(NCc3ccccc3)c(-c3ccccc3OC(=O)c3cc([N+](=O)[O-])cc([N+](=O)[O-])c3)nc2c1. The molecule has 11 nitrogen and oxygen atoms in total. The summed E-state index contributed by atoms with van der Waals surface area (Å²) in [6.07, 6.45) is 1.89. The molecule has 0 amide bonds. The van der Waals surface area contributed by atoms with Gasteiger partial charge in [0.15, 0.2) is 0 Å². The topological polar surface area (TPSA) is 142 Å². The predicted molar refractivity (Wildman–Crippen MR) is 144 cm³/mol. The Labute approximate surface area is 221 Å². The Kier molecular flexibility index (Phi) is 6.70. The second kappa shape index (κ2) is 10.4. The van der Waals surface area contributed by atoms with Gasteiger partial charge in [-0.15, -0.1) is 0 Å². The molecule has 0 spiro atoms. The van der Waals surface area contributed by atoms with Crippen molar-refractivity contribution in [3.05, 3.63) is 128 Å². The van der Waals surface area contributed by atoms with Crippen LogP contribution in [0.15, 0.2) is 91.1 Å². The highest BCUT2D eigenvalue weighted by Crippen LogP contribution is 2.36. The fourth-order valence-electron chi connectivity index (χ4n) is 4.12. The number of fused-ring (bicyclic) bond motifs is 1. The minimum atomic E-state index is -0.979. The highest BCUT2D eigenvalue weighted by molar-refractivity contribution is 5.94. The molecule has 0 unspecified atom stereocenters. The van der Waals surface area contributed by atoms with Crippen LogP contribution in [0.1, 0.15) is 21.5 Å². The van der Waals surface area contributed by atoms with Gasteiger partial charge in [-0.3, -0.25) is 24.6 Å². The van der Waals surface area contributed by atoms with E-state index in [0.29, 0.717) is 29.3 Å². The highest BCUT2D eigenvalue weighted by atomic mass is 16.6. The lowest BCUT2D eigenvalue weighted by Crippen LogP contribution is -2.10. The molecule has 5 rings (SSSR count). The molecule has 0 aliphatic carbocycles. The van der Waals surface area contributed by atoms with Crippen molar-refractivity contribution in [3.63, 3.8) is 0 Å². The van der Waals surface area contributed by atoms with E-state index in [0.717, 1.165) is 29.3 Å². The summed E-state index contributed by atoms with van der Waals surface area (Å²) in [6.45, 7) is 2.47. The largest absolute Gasteiger partial charge is 0.422 e. The molecule has 1 N–H and O–H groups in total. The van der Waals surface area contributed by atoms with Crippen LogP contribution in [-0.2, 0) is 6.54 Å². The van der Waals surface area contributed by atoms with Gasteiger partial charge < -0.3 is 10.1 Å². The summed E-state index contributed by atoms with van der Waals surface area (Å²) in [5.41, 5.74) is 2.25. The number of aromatic nitrogens is 2. The summed E-state index contributed by atoms with van der Waals surface area (Å²) in [5, 5.41) is 26.0. The van der Waals surface area contributed by atoms with E-state index in [4.69, 9.17) is 9.72 Å². The first kappa shape index (κ1) is 25.1. The molecule has 0 bridgehead atoms. The van der Waals surface area contributed by atoms with Crippen LogP contribution in [0.25, 0.3) is 16.9 Å². The average Bonchev–Trinajstić information content (AvgIpc) is 3.29. The Morgan fingerprint density at radius 2 is 1.59 bits per heavy atom. The summed E-state index contributed by atoms with van der Waals surface area (Å²) in [7, 11) is 0. The molecule has 5 aromatic rings. The number of esters is 1. The molecular formula is C28H21N5O6. The summed E-state index contributed by atoms with van der Waals surface area (Å²) >= 11 is 0. The number of nitro groups is 2. The number of imidazole rings is 1. The molecule has 0 aliphatic heterocycles. The molecular weight excluding hydrogens is 502 g/mol. The van der Waals surface area contributed by atoms with E-state index in [1.54, 1.807) is 24.3 Å². The van der Waals surface area contributed by atoms with Crippen molar-refractivity contribution in [1.29, 1.82) is 0 Å². The van der Waals surface area contributed by atoms with Crippen LogP contribution in [0.4, 0.5) is 17.2 Å². The zero-order valence-corrected chi connectivity index (χ0v) is 20.6. The first-order valence-electron chi connectivity index (χ1n) is 11.8. The third-order valence-corrected chi connectivity index (χ3v) is 5.99. The van der Waals surface area contributed by atoms with Crippen molar-refractivity contribution < 1.29 is 19.4 Å². The Balaban J connectivity index is 1.55. The summed E-state index contributed by atoms with van der Waals surface area (Å²) < 4.78 is 7.53. The Morgan fingerprint density at radius 1 is 0.923 bits per heavy atom. The van der Waals surface area contributed by atoms with Gasteiger partial charge in [0.25, 0.3) is 11.4 Å². The maximum absolute atomic E-state index is 13.1. The van der Waals surface area contributed by atoms with Crippen molar-refractivity contribution in [3.8, 4) is 17.0 Å². The number of anilines is 1.